The third-order valence-corrected chi connectivity index (χ3v) is 10.7. The lowest BCUT2D eigenvalue weighted by atomic mass is 10.0. The van der Waals surface area contributed by atoms with Crippen molar-refractivity contribution in [3.8, 4) is 16.9 Å². The summed E-state index contributed by atoms with van der Waals surface area (Å²) in [5.74, 6) is 0.283. The van der Waals surface area contributed by atoms with Crippen LogP contribution in [0.25, 0.3) is 23.0 Å². The second-order valence-corrected chi connectivity index (χ2v) is 13.6. The average molecular weight is 576 g/mol. The smallest absolute Gasteiger partial charge is 0.286 e. The van der Waals surface area contributed by atoms with Crippen LogP contribution in [-0.2, 0) is 14.8 Å². The van der Waals surface area contributed by atoms with Crippen molar-refractivity contribution < 1.29 is 13.2 Å². The van der Waals surface area contributed by atoms with E-state index in [1.54, 1.807) is 27.2 Å². The summed E-state index contributed by atoms with van der Waals surface area (Å²) in [6, 6.07) is 16.7. The second kappa shape index (κ2) is 11.3. The molecular formula is C30H33N5O3S2. The first kappa shape index (κ1) is 27.0. The molecule has 3 aromatic rings. The molecule has 0 bridgehead atoms. The number of thioether (sulfide) groups is 1. The number of aliphatic imine (C=N–C) groups is 1. The highest BCUT2D eigenvalue weighted by Gasteiger charge is 2.30. The van der Waals surface area contributed by atoms with Gasteiger partial charge in [-0.1, -0.05) is 37.3 Å². The lowest BCUT2D eigenvalue weighted by Gasteiger charge is -2.29. The molecule has 6 rings (SSSR count). The number of amides is 1. The van der Waals surface area contributed by atoms with E-state index in [0.717, 1.165) is 55.2 Å². The van der Waals surface area contributed by atoms with Crippen LogP contribution in [0, 0.1) is 5.92 Å². The summed E-state index contributed by atoms with van der Waals surface area (Å²) in [4.78, 5) is 20.3. The number of likely N-dealkylation sites (tertiary alicyclic amines) is 1. The lowest BCUT2D eigenvalue weighted by Crippen LogP contribution is -2.37. The van der Waals surface area contributed by atoms with E-state index in [2.05, 4.69) is 16.8 Å². The molecular weight excluding hydrogens is 542 g/mol. The molecule has 1 amide bonds. The minimum Gasteiger partial charge on any atom is -0.351 e. The molecule has 2 aromatic carbocycles. The minimum absolute atomic E-state index is 0.250. The zero-order chi connectivity index (χ0) is 27.7. The fourth-order valence-electron chi connectivity index (χ4n) is 5.37. The van der Waals surface area contributed by atoms with E-state index in [4.69, 9.17) is 5.10 Å². The van der Waals surface area contributed by atoms with Crippen LogP contribution in [0.5, 0.6) is 0 Å². The van der Waals surface area contributed by atoms with Crippen molar-refractivity contribution >= 4 is 38.9 Å². The zero-order valence-corrected chi connectivity index (χ0v) is 24.2. The number of sulfonamides is 1. The Labute approximate surface area is 239 Å². The van der Waals surface area contributed by atoms with Crippen molar-refractivity contribution in [1.29, 1.82) is 0 Å². The number of carbonyl (C=O) groups is 1. The third-order valence-electron chi connectivity index (χ3n) is 7.77. The van der Waals surface area contributed by atoms with Crippen LogP contribution in [0.15, 0.2) is 75.6 Å². The van der Waals surface area contributed by atoms with E-state index in [1.165, 1.54) is 18.2 Å². The highest BCUT2D eigenvalue weighted by atomic mass is 32.2. The molecule has 0 saturated carbocycles. The van der Waals surface area contributed by atoms with Gasteiger partial charge in [0.1, 0.15) is 5.69 Å². The number of piperidine rings is 2. The maximum absolute atomic E-state index is 13.5. The molecule has 8 nitrogen and oxygen atoms in total. The fraction of sp³-hybridized carbons (Fsp3) is 0.367. The monoisotopic (exact) mass is 575 g/mol. The highest BCUT2D eigenvalue weighted by Crippen LogP contribution is 2.35. The summed E-state index contributed by atoms with van der Waals surface area (Å²) in [5.41, 5.74) is 2.90. The van der Waals surface area contributed by atoms with Crippen molar-refractivity contribution in [2.75, 3.05) is 26.2 Å². The summed E-state index contributed by atoms with van der Waals surface area (Å²) in [6.45, 7) is 5.07. The molecule has 0 unspecified atom stereocenters. The first-order chi connectivity index (χ1) is 19.4. The van der Waals surface area contributed by atoms with Gasteiger partial charge in [0.05, 0.1) is 15.5 Å². The first-order valence-electron chi connectivity index (χ1n) is 13.9. The Morgan fingerprint density at radius 1 is 0.950 bits per heavy atom. The number of aromatic nitrogens is 2. The normalized spacial score (nSPS) is 20.3. The molecule has 0 spiro atoms. The van der Waals surface area contributed by atoms with Gasteiger partial charge in [0.15, 0.2) is 5.17 Å². The molecule has 0 atom stereocenters. The molecule has 3 aliphatic rings. The van der Waals surface area contributed by atoms with Crippen LogP contribution < -0.4 is 0 Å². The van der Waals surface area contributed by atoms with Gasteiger partial charge in [0.25, 0.3) is 5.91 Å². The van der Waals surface area contributed by atoms with Crippen molar-refractivity contribution in [3.63, 3.8) is 0 Å². The predicted octanol–water partition coefficient (Wildman–Crippen LogP) is 5.42. The Hall–Kier alpha value is -3.21. The van der Waals surface area contributed by atoms with Crippen molar-refractivity contribution in [2.45, 2.75) is 43.9 Å². The van der Waals surface area contributed by atoms with Crippen molar-refractivity contribution in [2.24, 2.45) is 10.9 Å². The molecule has 0 aliphatic carbocycles. The van der Waals surface area contributed by atoms with Gasteiger partial charge in [-0.05, 0) is 80.1 Å². The van der Waals surface area contributed by atoms with E-state index in [-0.39, 0.29) is 10.8 Å². The summed E-state index contributed by atoms with van der Waals surface area (Å²) in [5, 5.41) is 5.63. The SMILES string of the molecule is CC1CCN(S(=O)(=O)c2cccc(-c3nn(-c4ccccc4)cc3C=C3SC(N4CCCCC4)=NC3=O)c2)CC1. The molecule has 2 saturated heterocycles. The lowest BCUT2D eigenvalue weighted by molar-refractivity contribution is -0.113. The number of rotatable bonds is 5. The van der Waals surface area contributed by atoms with Crippen LogP contribution in [0.2, 0.25) is 0 Å². The van der Waals surface area contributed by atoms with Crippen LogP contribution in [0.3, 0.4) is 0 Å². The largest absolute Gasteiger partial charge is 0.351 e. The van der Waals surface area contributed by atoms with Gasteiger partial charge < -0.3 is 4.90 Å². The highest BCUT2D eigenvalue weighted by molar-refractivity contribution is 8.18. The molecule has 3 aliphatic heterocycles. The Bertz CT molecular complexity index is 1570. The molecule has 40 heavy (non-hydrogen) atoms. The van der Waals surface area contributed by atoms with Crippen LogP contribution in [-0.4, -0.2) is 64.7 Å². The maximum Gasteiger partial charge on any atom is 0.286 e. The summed E-state index contributed by atoms with van der Waals surface area (Å²) in [7, 11) is -3.62. The van der Waals surface area contributed by atoms with Gasteiger partial charge in [0.2, 0.25) is 10.0 Å². The Kier molecular flexibility index (Phi) is 7.65. The number of nitrogens with zero attached hydrogens (tertiary/aromatic N) is 5. The average Bonchev–Trinajstić information content (AvgIpc) is 3.58. The van der Waals surface area contributed by atoms with Crippen molar-refractivity contribution in [3.05, 3.63) is 71.3 Å². The number of amidine groups is 1. The van der Waals surface area contributed by atoms with Gasteiger partial charge in [-0.3, -0.25) is 4.79 Å². The number of carbonyl (C=O) groups excluding carboxylic acids is 1. The van der Waals surface area contributed by atoms with Gasteiger partial charge in [-0.15, -0.1) is 0 Å². The van der Waals surface area contributed by atoms with Gasteiger partial charge >= 0.3 is 0 Å². The molecule has 10 heteroatoms. The molecule has 2 fully saturated rings. The first-order valence-corrected chi connectivity index (χ1v) is 16.2. The predicted molar refractivity (Wildman–Crippen MR) is 160 cm³/mol. The maximum atomic E-state index is 13.5. The van der Waals surface area contributed by atoms with Crippen LogP contribution in [0.4, 0.5) is 0 Å². The number of para-hydroxylation sites is 1. The summed E-state index contributed by atoms with van der Waals surface area (Å²) >= 11 is 1.40. The Balaban J connectivity index is 1.36. The van der Waals surface area contributed by atoms with Crippen molar-refractivity contribution in [1.82, 2.24) is 19.0 Å². The van der Waals surface area contributed by atoms with Gasteiger partial charge in [-0.25, -0.2) is 13.1 Å². The van der Waals surface area contributed by atoms with E-state index in [1.807, 2.05) is 48.7 Å². The zero-order valence-electron chi connectivity index (χ0n) is 22.6. The van der Waals surface area contributed by atoms with Crippen LogP contribution in [0.1, 0.15) is 44.6 Å². The molecule has 208 valence electrons. The topological polar surface area (TPSA) is 87.9 Å². The third kappa shape index (κ3) is 5.53. The number of hydrogen-bond acceptors (Lipinski definition) is 6. The molecule has 0 radical (unpaired) electrons. The minimum atomic E-state index is -3.62. The molecule has 0 N–H and O–H groups in total. The van der Waals surface area contributed by atoms with E-state index in [9.17, 15) is 13.2 Å². The summed E-state index contributed by atoms with van der Waals surface area (Å²) in [6.07, 6.45) is 8.88. The van der Waals surface area contributed by atoms with Crippen LogP contribution >= 0.6 is 11.8 Å². The standard InChI is InChI=1S/C30H33N5O3S2/c1-22-13-17-34(18-14-22)40(37,38)26-12-8-9-23(19-26)28-24(21-35(32-28)25-10-4-2-5-11-25)20-27-29(36)31-30(39-27)33-15-6-3-7-16-33/h2,4-5,8-12,19-22H,3,6-7,13-18H2,1H3. The van der Waals surface area contributed by atoms with E-state index < -0.39 is 10.0 Å². The summed E-state index contributed by atoms with van der Waals surface area (Å²) < 4.78 is 30.4. The quantitative estimate of drug-likeness (QED) is 0.378. The Morgan fingerprint density at radius 2 is 1.70 bits per heavy atom. The molecule has 1 aromatic heterocycles. The van der Waals surface area contributed by atoms with E-state index in [0.29, 0.717) is 35.2 Å². The Morgan fingerprint density at radius 3 is 2.45 bits per heavy atom. The van der Waals surface area contributed by atoms with E-state index >= 15 is 0 Å². The number of hydrogen-bond donors (Lipinski definition) is 0. The molecule has 4 heterocycles. The second-order valence-electron chi connectivity index (χ2n) is 10.7. The fourth-order valence-corrected chi connectivity index (χ4v) is 7.84. The van der Waals surface area contributed by atoms with Gasteiger partial charge in [0, 0.05) is 43.5 Å². The van der Waals surface area contributed by atoms with Gasteiger partial charge in [-0.2, -0.15) is 14.4 Å². The number of benzene rings is 2.